The summed E-state index contributed by atoms with van der Waals surface area (Å²) in [5.41, 5.74) is 6.47. The van der Waals surface area contributed by atoms with Gasteiger partial charge in [-0.2, -0.15) is 5.10 Å². The first-order valence-electron chi connectivity index (χ1n) is 12.8. The fourth-order valence-corrected chi connectivity index (χ4v) is 5.95. The van der Waals surface area contributed by atoms with E-state index in [0.717, 1.165) is 52.1 Å². The molecule has 0 radical (unpaired) electrons. The zero-order valence-electron chi connectivity index (χ0n) is 21.8. The summed E-state index contributed by atoms with van der Waals surface area (Å²) in [6.45, 7) is 1.71. The molecule has 0 atom stereocenters. The van der Waals surface area contributed by atoms with E-state index in [2.05, 4.69) is 19.7 Å². The van der Waals surface area contributed by atoms with Crippen LogP contribution in [-0.2, 0) is 16.6 Å². The lowest BCUT2D eigenvalue weighted by Gasteiger charge is -2.14. The molecule has 0 saturated heterocycles. The van der Waals surface area contributed by atoms with Crippen LogP contribution in [0.2, 0.25) is 0 Å². The van der Waals surface area contributed by atoms with E-state index in [-0.39, 0.29) is 11.1 Å². The largest absolute Gasteiger partial charge is 0.308 e. The van der Waals surface area contributed by atoms with E-state index in [1.807, 2.05) is 60.0 Å². The zero-order chi connectivity index (χ0) is 27.1. The lowest BCUT2D eigenvalue weighted by atomic mass is 10.0. The highest BCUT2D eigenvalue weighted by atomic mass is 32.2. The second kappa shape index (κ2) is 9.94. The highest BCUT2D eigenvalue weighted by Crippen LogP contribution is 2.33. The average molecular weight is 545 g/mol. The maximum Gasteiger partial charge on any atom is 0.235 e. The number of nitrogens with one attached hydrogen (secondary N) is 1. The second-order valence-corrected chi connectivity index (χ2v) is 12.2. The molecule has 0 unspecified atom stereocenters. The van der Waals surface area contributed by atoms with E-state index < -0.39 is 10.0 Å². The lowest BCUT2D eigenvalue weighted by Crippen LogP contribution is -2.18. The molecule has 5 aromatic rings. The van der Waals surface area contributed by atoms with Crippen molar-refractivity contribution >= 4 is 26.7 Å². The molecular formula is C29H29FN6O2S. The second-order valence-electron chi connectivity index (χ2n) is 10.2. The topological polar surface area (TPSA) is 85.0 Å². The van der Waals surface area contributed by atoms with Gasteiger partial charge in [0.15, 0.2) is 0 Å². The first kappa shape index (κ1) is 25.3. The molecule has 8 nitrogen and oxygen atoms in total. The van der Waals surface area contributed by atoms with Crippen molar-refractivity contribution in [3.05, 3.63) is 85.2 Å². The molecule has 1 saturated carbocycles. The Morgan fingerprint density at radius 2 is 1.74 bits per heavy atom. The fraction of sp³-hybridized carbons (Fsp3) is 0.241. The monoisotopic (exact) mass is 544 g/mol. The van der Waals surface area contributed by atoms with Gasteiger partial charge in [-0.25, -0.2) is 17.8 Å². The van der Waals surface area contributed by atoms with Gasteiger partial charge in [-0.15, -0.1) is 0 Å². The summed E-state index contributed by atoms with van der Waals surface area (Å²) in [6.07, 6.45) is 6.97. The highest BCUT2D eigenvalue weighted by Gasteiger charge is 2.35. The van der Waals surface area contributed by atoms with E-state index in [0.29, 0.717) is 18.5 Å². The summed E-state index contributed by atoms with van der Waals surface area (Å²) in [5, 5.41) is 4.13. The van der Waals surface area contributed by atoms with Crippen molar-refractivity contribution in [1.29, 1.82) is 0 Å². The minimum absolute atomic E-state index is 0.329. The third-order valence-electron chi connectivity index (χ3n) is 6.89. The van der Waals surface area contributed by atoms with Crippen molar-refractivity contribution in [2.45, 2.75) is 24.6 Å². The van der Waals surface area contributed by atoms with Crippen molar-refractivity contribution in [1.82, 2.24) is 24.2 Å². The summed E-state index contributed by atoms with van der Waals surface area (Å²) in [6, 6.07) is 17.8. The maximum atomic E-state index is 13.6. The molecule has 200 valence electrons. The van der Waals surface area contributed by atoms with Crippen LogP contribution in [0, 0.1) is 5.82 Å². The van der Waals surface area contributed by atoms with E-state index in [4.69, 9.17) is 0 Å². The standard InChI is InChI=1S/C29H29FN6O2S/c1-34(2)11-12-35-18-23(17-32-35)21-5-10-29-28(15-21)31-19-36(29)26-14-22(20-3-6-24(30)7-4-20)13-25(16-26)33-39(37,38)27-8-9-27/h3-7,10,13-19,27,33H,8-9,11-12H2,1-2H3. The van der Waals surface area contributed by atoms with E-state index in [9.17, 15) is 12.8 Å². The van der Waals surface area contributed by atoms with Crippen LogP contribution >= 0.6 is 0 Å². The molecule has 10 heteroatoms. The number of benzene rings is 3. The number of likely N-dealkylation sites (N-methyl/N-ethyl adjacent to an activating group) is 1. The van der Waals surface area contributed by atoms with Crippen molar-refractivity contribution < 1.29 is 12.8 Å². The van der Waals surface area contributed by atoms with Crippen LogP contribution in [0.5, 0.6) is 0 Å². The zero-order valence-corrected chi connectivity index (χ0v) is 22.6. The van der Waals surface area contributed by atoms with Crippen LogP contribution in [0.25, 0.3) is 39.0 Å². The first-order chi connectivity index (χ1) is 18.7. The van der Waals surface area contributed by atoms with Crippen LogP contribution in [0.1, 0.15) is 12.8 Å². The predicted octanol–water partition coefficient (Wildman–Crippen LogP) is 5.16. The number of halogens is 1. The number of aromatic nitrogens is 4. The van der Waals surface area contributed by atoms with Gasteiger partial charge in [0.05, 0.1) is 34.7 Å². The number of rotatable bonds is 9. The molecule has 1 aliphatic rings. The maximum absolute atomic E-state index is 13.6. The number of hydrogen-bond acceptors (Lipinski definition) is 5. The van der Waals surface area contributed by atoms with Crippen molar-refractivity contribution in [3.8, 4) is 27.9 Å². The minimum Gasteiger partial charge on any atom is -0.308 e. The lowest BCUT2D eigenvalue weighted by molar-refractivity contribution is 0.373. The van der Waals surface area contributed by atoms with E-state index in [1.165, 1.54) is 12.1 Å². The molecule has 0 bridgehead atoms. The third kappa shape index (κ3) is 5.43. The van der Waals surface area contributed by atoms with Crippen LogP contribution in [0.4, 0.5) is 10.1 Å². The Morgan fingerprint density at radius 1 is 0.974 bits per heavy atom. The normalized spacial score (nSPS) is 13.8. The Balaban J connectivity index is 1.37. The van der Waals surface area contributed by atoms with Crippen LogP contribution < -0.4 is 4.72 Å². The van der Waals surface area contributed by atoms with Gasteiger partial charge in [0.1, 0.15) is 12.1 Å². The molecule has 2 heterocycles. The molecule has 0 aliphatic heterocycles. The summed E-state index contributed by atoms with van der Waals surface area (Å²) in [7, 11) is 0.611. The third-order valence-corrected chi connectivity index (χ3v) is 8.76. The van der Waals surface area contributed by atoms with Crippen LogP contribution in [0.15, 0.2) is 79.4 Å². The number of imidazole rings is 1. The van der Waals surface area contributed by atoms with Crippen molar-refractivity contribution in [2.75, 3.05) is 25.4 Å². The molecule has 39 heavy (non-hydrogen) atoms. The predicted molar refractivity (Wildman–Crippen MR) is 152 cm³/mol. The van der Waals surface area contributed by atoms with Gasteiger partial charge in [-0.05, 0) is 86.1 Å². The van der Waals surface area contributed by atoms with Gasteiger partial charge < -0.3 is 4.90 Å². The Hall–Kier alpha value is -4.02. The van der Waals surface area contributed by atoms with Gasteiger partial charge >= 0.3 is 0 Å². The average Bonchev–Trinajstić information content (AvgIpc) is 3.54. The summed E-state index contributed by atoms with van der Waals surface area (Å²) >= 11 is 0. The van der Waals surface area contributed by atoms with E-state index >= 15 is 0 Å². The van der Waals surface area contributed by atoms with Gasteiger partial charge in [-0.3, -0.25) is 14.0 Å². The van der Waals surface area contributed by atoms with Crippen molar-refractivity contribution in [3.63, 3.8) is 0 Å². The number of sulfonamides is 1. The van der Waals surface area contributed by atoms with Crippen LogP contribution in [-0.4, -0.2) is 58.5 Å². The molecule has 0 spiro atoms. The Morgan fingerprint density at radius 3 is 2.49 bits per heavy atom. The molecule has 1 fully saturated rings. The number of hydrogen-bond donors (Lipinski definition) is 1. The molecule has 2 aromatic heterocycles. The van der Waals surface area contributed by atoms with Gasteiger partial charge in [0, 0.05) is 24.0 Å². The quantitative estimate of drug-likeness (QED) is 0.277. The SMILES string of the molecule is CN(C)CCn1cc(-c2ccc3c(c2)ncn3-c2cc(NS(=O)(=O)C3CC3)cc(-c3ccc(F)cc3)c2)cn1. The Kier molecular flexibility index (Phi) is 6.44. The fourth-order valence-electron chi connectivity index (χ4n) is 4.58. The Bertz CT molecular complexity index is 1750. The summed E-state index contributed by atoms with van der Waals surface area (Å²) in [5.74, 6) is -0.329. The van der Waals surface area contributed by atoms with Gasteiger partial charge in [0.2, 0.25) is 10.0 Å². The van der Waals surface area contributed by atoms with Gasteiger partial charge in [-0.1, -0.05) is 18.2 Å². The summed E-state index contributed by atoms with van der Waals surface area (Å²) in [4.78, 5) is 6.76. The molecule has 1 aliphatic carbocycles. The number of fused-ring (bicyclic) bond motifs is 1. The van der Waals surface area contributed by atoms with Crippen LogP contribution in [0.3, 0.4) is 0 Å². The van der Waals surface area contributed by atoms with E-state index in [1.54, 1.807) is 30.6 Å². The minimum atomic E-state index is -3.46. The molecule has 6 rings (SSSR count). The molecule has 0 amide bonds. The smallest absolute Gasteiger partial charge is 0.235 e. The number of anilines is 1. The summed E-state index contributed by atoms with van der Waals surface area (Å²) < 4.78 is 45.7. The first-order valence-corrected chi connectivity index (χ1v) is 14.4. The van der Waals surface area contributed by atoms with Crippen molar-refractivity contribution in [2.24, 2.45) is 0 Å². The Labute approximate surface area is 226 Å². The van der Waals surface area contributed by atoms with Gasteiger partial charge in [0.25, 0.3) is 0 Å². The molecule has 3 aromatic carbocycles. The number of nitrogens with zero attached hydrogens (tertiary/aromatic N) is 5. The molecule has 1 N–H and O–H groups in total. The highest BCUT2D eigenvalue weighted by molar-refractivity contribution is 7.93. The molecular weight excluding hydrogens is 515 g/mol.